The average Bonchev–Trinajstić information content (AvgIpc) is 2.59. The molecule has 0 aromatic rings. The van der Waals surface area contributed by atoms with Gasteiger partial charge in [-0.15, -0.1) is 0 Å². The Hall–Kier alpha value is -1.39. The summed E-state index contributed by atoms with van der Waals surface area (Å²) >= 11 is 0. The maximum absolute atomic E-state index is 11.8. The zero-order valence-corrected chi connectivity index (χ0v) is 17.3. The van der Waals surface area contributed by atoms with Gasteiger partial charge in [-0.05, 0) is 38.5 Å². The summed E-state index contributed by atoms with van der Waals surface area (Å²) in [4.78, 5) is 35.1. The van der Waals surface area contributed by atoms with Gasteiger partial charge in [0.2, 0.25) is 11.8 Å². The van der Waals surface area contributed by atoms with Gasteiger partial charge >= 0.3 is 0 Å². The Morgan fingerprint density at radius 2 is 1.26 bits per heavy atom. The largest absolute Gasteiger partial charge is 0.356 e. The molecule has 1 rings (SSSR count). The van der Waals surface area contributed by atoms with Gasteiger partial charge in [-0.2, -0.15) is 0 Å². The molecule has 2 N–H and O–H groups in total. The van der Waals surface area contributed by atoms with Crippen LogP contribution < -0.4 is 10.6 Å². The molecule has 1 saturated carbocycles. The second kappa shape index (κ2) is 15.6. The minimum absolute atomic E-state index is 0.0416. The zero-order valence-electron chi connectivity index (χ0n) is 17.3. The lowest BCUT2D eigenvalue weighted by molar-refractivity contribution is -0.125. The first-order chi connectivity index (χ1) is 13.1. The molecule has 0 spiro atoms. The predicted molar refractivity (Wildman–Crippen MR) is 109 cm³/mol. The second-order valence-corrected chi connectivity index (χ2v) is 7.87. The summed E-state index contributed by atoms with van der Waals surface area (Å²) < 4.78 is 0. The Morgan fingerprint density at radius 3 is 1.81 bits per heavy atom. The molecule has 0 aromatic heterocycles. The third-order valence-corrected chi connectivity index (χ3v) is 5.39. The normalized spacial score (nSPS) is 13.8. The molecule has 0 heterocycles. The first-order valence-electron chi connectivity index (χ1n) is 11.2. The topological polar surface area (TPSA) is 75.3 Å². The number of carbonyl (C=O) groups excluding carboxylic acids is 3. The number of nitrogens with one attached hydrogen (secondary N) is 2. The highest BCUT2D eigenvalue weighted by atomic mass is 16.2. The molecule has 0 aliphatic heterocycles. The van der Waals surface area contributed by atoms with Crippen molar-refractivity contribution in [3.63, 3.8) is 0 Å². The minimum Gasteiger partial charge on any atom is -0.356 e. The van der Waals surface area contributed by atoms with Crippen LogP contribution in [0.1, 0.15) is 103 Å². The van der Waals surface area contributed by atoms with E-state index in [0.29, 0.717) is 37.5 Å². The van der Waals surface area contributed by atoms with Gasteiger partial charge in [-0.25, -0.2) is 0 Å². The number of amides is 2. The van der Waals surface area contributed by atoms with Crippen LogP contribution in [-0.4, -0.2) is 30.7 Å². The van der Waals surface area contributed by atoms with Crippen molar-refractivity contribution in [1.29, 1.82) is 0 Å². The smallest absolute Gasteiger partial charge is 0.220 e. The molecular weight excluding hydrogens is 340 g/mol. The van der Waals surface area contributed by atoms with Crippen LogP contribution in [0.15, 0.2) is 0 Å². The number of Topliss-reactive ketones (excluding diaryl/α,β-unsaturated/α-hetero) is 1. The number of hydrogen-bond donors (Lipinski definition) is 2. The van der Waals surface area contributed by atoms with E-state index in [1.807, 2.05) is 0 Å². The maximum Gasteiger partial charge on any atom is 0.220 e. The van der Waals surface area contributed by atoms with Crippen molar-refractivity contribution in [2.75, 3.05) is 13.1 Å². The summed E-state index contributed by atoms with van der Waals surface area (Å²) in [5.41, 5.74) is 0. The van der Waals surface area contributed by atoms with Gasteiger partial charge in [0.15, 0.2) is 0 Å². The van der Waals surface area contributed by atoms with E-state index in [9.17, 15) is 14.4 Å². The first-order valence-corrected chi connectivity index (χ1v) is 11.2. The highest BCUT2D eigenvalue weighted by Gasteiger charge is 2.23. The van der Waals surface area contributed by atoms with E-state index in [1.165, 1.54) is 6.42 Å². The molecule has 5 heteroatoms. The van der Waals surface area contributed by atoms with Crippen molar-refractivity contribution >= 4 is 17.6 Å². The van der Waals surface area contributed by atoms with Crippen LogP contribution in [-0.2, 0) is 14.4 Å². The standard InChI is InChI=1S/C22H40N2O3/c1-2-3-8-17-23-21(26)15-11-16-22(27)24-18-9-6-4-5-7-14-20(25)19-12-10-13-19/h19H,2-18H2,1H3,(H,23,26)(H,24,27). The van der Waals surface area contributed by atoms with Gasteiger partial charge in [0.05, 0.1) is 0 Å². The molecule has 1 aliphatic rings. The molecule has 0 aromatic carbocycles. The summed E-state index contributed by atoms with van der Waals surface area (Å²) in [5.74, 6) is 0.949. The van der Waals surface area contributed by atoms with Gasteiger partial charge in [-0.1, -0.05) is 45.4 Å². The van der Waals surface area contributed by atoms with Crippen molar-refractivity contribution in [2.24, 2.45) is 5.92 Å². The first kappa shape index (κ1) is 23.6. The van der Waals surface area contributed by atoms with Gasteiger partial charge < -0.3 is 10.6 Å². The Bertz CT molecular complexity index is 433. The molecule has 0 saturated heterocycles. The van der Waals surface area contributed by atoms with Gasteiger partial charge in [0.1, 0.15) is 5.78 Å². The summed E-state index contributed by atoms with van der Waals surface area (Å²) in [5, 5.41) is 5.83. The molecule has 27 heavy (non-hydrogen) atoms. The lowest BCUT2D eigenvalue weighted by atomic mass is 9.80. The van der Waals surface area contributed by atoms with Crippen LogP contribution in [0.25, 0.3) is 0 Å². The van der Waals surface area contributed by atoms with Crippen LogP contribution in [0.2, 0.25) is 0 Å². The molecule has 1 aliphatic carbocycles. The van der Waals surface area contributed by atoms with Crippen molar-refractivity contribution in [3.8, 4) is 0 Å². The number of hydrogen-bond acceptors (Lipinski definition) is 3. The molecule has 156 valence electrons. The van der Waals surface area contributed by atoms with Gasteiger partial charge in [0, 0.05) is 38.3 Å². The Balaban J connectivity index is 1.82. The highest BCUT2D eigenvalue weighted by molar-refractivity contribution is 5.81. The Kier molecular flexibility index (Phi) is 13.7. The Morgan fingerprint density at radius 1 is 0.704 bits per heavy atom. The SMILES string of the molecule is CCCCCNC(=O)CCCC(=O)NCCCCCCCC(=O)C1CCC1. The van der Waals surface area contributed by atoms with Crippen LogP contribution in [0.3, 0.4) is 0 Å². The quantitative estimate of drug-likeness (QED) is 0.370. The fourth-order valence-electron chi connectivity index (χ4n) is 3.31. The molecule has 0 atom stereocenters. The van der Waals surface area contributed by atoms with Gasteiger partial charge in [0.25, 0.3) is 0 Å². The van der Waals surface area contributed by atoms with E-state index in [1.54, 1.807) is 0 Å². The molecule has 0 bridgehead atoms. The van der Waals surface area contributed by atoms with E-state index < -0.39 is 0 Å². The van der Waals surface area contributed by atoms with E-state index in [0.717, 1.165) is 77.2 Å². The summed E-state index contributed by atoms with van der Waals surface area (Å²) in [6.45, 7) is 3.59. The summed E-state index contributed by atoms with van der Waals surface area (Å²) in [6.07, 6.45) is 14.3. The molecule has 5 nitrogen and oxygen atoms in total. The number of carbonyl (C=O) groups is 3. The fourth-order valence-corrected chi connectivity index (χ4v) is 3.31. The van der Waals surface area contributed by atoms with E-state index >= 15 is 0 Å². The number of rotatable bonds is 17. The Labute approximate surface area is 165 Å². The van der Waals surface area contributed by atoms with Crippen LogP contribution >= 0.6 is 0 Å². The highest BCUT2D eigenvalue weighted by Crippen LogP contribution is 2.28. The van der Waals surface area contributed by atoms with Crippen LogP contribution in [0.4, 0.5) is 0 Å². The second-order valence-electron chi connectivity index (χ2n) is 7.87. The monoisotopic (exact) mass is 380 g/mol. The number of unbranched alkanes of at least 4 members (excludes halogenated alkanes) is 6. The van der Waals surface area contributed by atoms with Crippen LogP contribution in [0, 0.1) is 5.92 Å². The molecule has 0 radical (unpaired) electrons. The van der Waals surface area contributed by atoms with Crippen LogP contribution in [0.5, 0.6) is 0 Å². The minimum atomic E-state index is 0.0416. The van der Waals surface area contributed by atoms with E-state index in [2.05, 4.69) is 17.6 Å². The van der Waals surface area contributed by atoms with E-state index in [-0.39, 0.29) is 11.8 Å². The summed E-state index contributed by atoms with van der Waals surface area (Å²) in [7, 11) is 0. The lowest BCUT2D eigenvalue weighted by Gasteiger charge is -2.23. The molecule has 2 amide bonds. The third kappa shape index (κ3) is 12.6. The lowest BCUT2D eigenvalue weighted by Crippen LogP contribution is -2.26. The molecular formula is C22H40N2O3. The fraction of sp³-hybridized carbons (Fsp3) is 0.864. The number of ketones is 1. The van der Waals surface area contributed by atoms with Crippen molar-refractivity contribution in [1.82, 2.24) is 10.6 Å². The third-order valence-electron chi connectivity index (χ3n) is 5.39. The zero-order chi connectivity index (χ0) is 19.7. The average molecular weight is 381 g/mol. The van der Waals surface area contributed by atoms with Gasteiger partial charge in [-0.3, -0.25) is 14.4 Å². The summed E-state index contributed by atoms with van der Waals surface area (Å²) in [6, 6.07) is 0. The van der Waals surface area contributed by atoms with Crippen molar-refractivity contribution < 1.29 is 14.4 Å². The van der Waals surface area contributed by atoms with E-state index in [4.69, 9.17) is 0 Å². The molecule has 1 fully saturated rings. The molecule has 0 unspecified atom stereocenters. The predicted octanol–water partition coefficient (Wildman–Crippen LogP) is 4.29. The van der Waals surface area contributed by atoms with Crippen molar-refractivity contribution in [2.45, 2.75) is 103 Å². The maximum atomic E-state index is 11.8. The van der Waals surface area contributed by atoms with Crippen molar-refractivity contribution in [3.05, 3.63) is 0 Å².